The number of nitrogen functional groups attached to an aromatic ring is 1. The van der Waals surface area contributed by atoms with E-state index in [2.05, 4.69) is 28.1 Å². The Morgan fingerprint density at radius 1 is 1.21 bits per heavy atom. The molecule has 18 nitrogen and oxygen atoms in total. The molecule has 4 unspecified atom stereocenters. The number of anilines is 1. The number of rotatable bonds is 8. The molecular formula is C10H13N5Na3O13P3. The minimum absolute atomic E-state index is 0. The monoisotopic (exact) mass is 573 g/mol. The van der Waals surface area contributed by atoms with Gasteiger partial charge in [-0.25, -0.2) is 13.6 Å². The number of aromatic nitrogens is 4. The molecule has 2 aromatic rings. The Balaban J connectivity index is 0.00000363. The first-order valence-corrected chi connectivity index (χ1v) is 12.4. The van der Waals surface area contributed by atoms with Gasteiger partial charge in [-0.1, -0.05) is 0 Å². The van der Waals surface area contributed by atoms with Crippen molar-refractivity contribution in [1.29, 1.82) is 0 Å². The maximum Gasteiger partial charge on any atom is 1.00 e. The van der Waals surface area contributed by atoms with E-state index < -0.39 is 54.1 Å². The largest absolute Gasteiger partial charge is 1.00 e. The molecule has 1 aliphatic heterocycles. The van der Waals surface area contributed by atoms with Gasteiger partial charge in [-0.3, -0.25) is 28.0 Å². The van der Waals surface area contributed by atoms with Gasteiger partial charge in [0.1, 0.15) is 12.3 Å². The second-order valence-electron chi connectivity index (χ2n) is 6.03. The van der Waals surface area contributed by atoms with Crippen molar-refractivity contribution in [3.63, 3.8) is 0 Å². The van der Waals surface area contributed by atoms with E-state index in [-0.39, 0.29) is 112 Å². The van der Waals surface area contributed by atoms with Gasteiger partial charge < -0.3 is 39.7 Å². The fourth-order valence-corrected chi connectivity index (χ4v) is 5.54. The average Bonchev–Trinajstić information content (AvgIpc) is 3.13. The zero-order valence-corrected chi connectivity index (χ0v) is 26.6. The summed E-state index contributed by atoms with van der Waals surface area (Å²) in [7, 11) is -17.6. The Kier molecular flexibility index (Phi) is 14.1. The number of ether oxygens (including phenoxy) is 1. The predicted octanol–water partition coefficient (Wildman–Crippen LogP) is -12.2. The number of phosphoric acid groups is 3. The Morgan fingerprint density at radius 2 is 1.82 bits per heavy atom. The predicted molar refractivity (Wildman–Crippen MR) is 90.3 cm³/mol. The van der Waals surface area contributed by atoms with Crippen molar-refractivity contribution in [3.05, 3.63) is 16.7 Å². The zero-order valence-electron chi connectivity index (χ0n) is 17.9. The SMILES string of the molecule is Nc1nc2c(ncn2[C@H]2C[C@H](O)C(COP(=O)([O-])OP(=O)([O-])OP(=O)([O-])O)O2)c(=O)[nH]1.[Na+].[Na+].[Na+]. The molecule has 34 heavy (non-hydrogen) atoms. The van der Waals surface area contributed by atoms with E-state index in [1.807, 2.05) is 0 Å². The molecule has 1 saturated heterocycles. The fourth-order valence-electron chi connectivity index (χ4n) is 2.64. The summed E-state index contributed by atoms with van der Waals surface area (Å²) >= 11 is 0. The summed E-state index contributed by atoms with van der Waals surface area (Å²) in [6.45, 7) is -0.949. The van der Waals surface area contributed by atoms with Gasteiger partial charge in [0, 0.05) is 6.42 Å². The van der Waals surface area contributed by atoms with Crippen LogP contribution in [0.15, 0.2) is 11.1 Å². The van der Waals surface area contributed by atoms with Crippen LogP contribution in [-0.2, 0) is 31.6 Å². The van der Waals surface area contributed by atoms with Crippen LogP contribution in [0.5, 0.6) is 0 Å². The topological polar surface area (TPSA) is 287 Å². The Labute approximate surface area is 256 Å². The molecule has 6 atom stereocenters. The average molecular weight is 573 g/mol. The van der Waals surface area contributed by atoms with Crippen molar-refractivity contribution >= 4 is 40.6 Å². The summed E-state index contributed by atoms with van der Waals surface area (Å²) in [5.41, 5.74) is 4.80. The fraction of sp³-hybridized carbons (Fsp3) is 0.500. The number of H-pyrrole nitrogens is 1. The van der Waals surface area contributed by atoms with Gasteiger partial charge in [-0.05, 0) is 0 Å². The van der Waals surface area contributed by atoms with Crippen molar-refractivity contribution in [2.24, 2.45) is 0 Å². The molecule has 2 aromatic heterocycles. The third kappa shape index (κ3) is 9.66. The summed E-state index contributed by atoms with van der Waals surface area (Å²) in [4.78, 5) is 63.3. The second-order valence-corrected chi connectivity index (χ2v) is 10.3. The van der Waals surface area contributed by atoms with Crippen LogP contribution in [0.1, 0.15) is 12.6 Å². The van der Waals surface area contributed by atoms with Crippen molar-refractivity contribution in [3.8, 4) is 0 Å². The molecule has 0 spiro atoms. The van der Waals surface area contributed by atoms with Gasteiger partial charge in [0.2, 0.25) is 5.95 Å². The van der Waals surface area contributed by atoms with Gasteiger partial charge in [-0.2, -0.15) is 4.98 Å². The number of nitrogens with two attached hydrogens (primary N) is 1. The van der Waals surface area contributed by atoms with E-state index in [4.69, 9.17) is 15.4 Å². The number of aliphatic hydroxyl groups excluding tert-OH is 1. The molecule has 1 aliphatic rings. The number of aliphatic hydroxyl groups is 1. The molecule has 0 aliphatic carbocycles. The Hall–Kier alpha value is 1.48. The number of phosphoric ester groups is 1. The number of nitrogens with zero attached hydrogens (tertiary/aromatic N) is 3. The zero-order chi connectivity index (χ0) is 23.2. The molecule has 0 bridgehead atoms. The van der Waals surface area contributed by atoms with Crippen LogP contribution in [0.3, 0.4) is 0 Å². The van der Waals surface area contributed by atoms with Crippen LogP contribution in [0.4, 0.5) is 5.95 Å². The van der Waals surface area contributed by atoms with Gasteiger partial charge in [-0.15, -0.1) is 0 Å². The maximum atomic E-state index is 11.8. The molecule has 174 valence electrons. The molecule has 0 amide bonds. The van der Waals surface area contributed by atoms with Gasteiger partial charge in [0.25, 0.3) is 29.0 Å². The first-order valence-electron chi connectivity index (χ1n) is 7.95. The molecule has 3 heterocycles. The van der Waals surface area contributed by atoms with Gasteiger partial charge in [0.15, 0.2) is 11.2 Å². The molecular weight excluding hydrogens is 560 g/mol. The minimum atomic E-state index is -6.05. The van der Waals surface area contributed by atoms with Crippen LogP contribution in [0.25, 0.3) is 11.2 Å². The standard InChI is InChI=1S/C10H16N5O13P3.3Na/c11-10-13-8-7(9(17)14-10)12-3-15(8)6-1-4(16)5(26-6)2-25-30(21,22)28-31(23,24)27-29(18,19)20;;;/h3-6,16H,1-2H2,(H,21,22)(H,23,24)(H2,18,19,20)(H3,11,13,14,17);;;/q;3*+1/p-3/t4-,5?,6+;;;/m0.../s1. The molecule has 1 fully saturated rings. The summed E-state index contributed by atoms with van der Waals surface area (Å²) in [6, 6.07) is 0. The van der Waals surface area contributed by atoms with Crippen LogP contribution >= 0.6 is 23.5 Å². The van der Waals surface area contributed by atoms with E-state index in [9.17, 15) is 38.3 Å². The third-order valence-corrected chi connectivity index (χ3v) is 7.46. The number of hydrogen-bond donors (Lipinski definition) is 4. The molecule has 24 heteroatoms. The van der Waals surface area contributed by atoms with Crippen molar-refractivity contribution in [1.82, 2.24) is 19.5 Å². The molecule has 3 rings (SSSR count). The number of aromatic amines is 1. The summed E-state index contributed by atoms with van der Waals surface area (Å²) in [6.07, 6.45) is -2.59. The van der Waals surface area contributed by atoms with Crippen molar-refractivity contribution in [2.45, 2.75) is 24.9 Å². The number of hydrogen-bond acceptors (Lipinski definition) is 15. The minimum Gasteiger partial charge on any atom is -0.756 e. The van der Waals surface area contributed by atoms with E-state index >= 15 is 0 Å². The molecule has 0 saturated carbocycles. The second kappa shape index (κ2) is 13.5. The normalized spacial score (nSPS) is 25.1. The van der Waals surface area contributed by atoms with E-state index in [1.54, 1.807) is 0 Å². The van der Waals surface area contributed by atoms with E-state index in [0.29, 0.717) is 0 Å². The van der Waals surface area contributed by atoms with Gasteiger partial charge in [0.05, 0.1) is 19.0 Å². The number of fused-ring (bicyclic) bond motifs is 1. The van der Waals surface area contributed by atoms with Crippen LogP contribution in [0.2, 0.25) is 0 Å². The summed E-state index contributed by atoms with van der Waals surface area (Å²) in [5, 5.41) is 10.1. The van der Waals surface area contributed by atoms with Crippen LogP contribution in [-0.4, -0.2) is 48.3 Å². The number of nitrogens with one attached hydrogen (secondary N) is 1. The van der Waals surface area contributed by atoms with Crippen molar-refractivity contribution < 1.29 is 145 Å². The Bertz CT molecular complexity index is 1190. The van der Waals surface area contributed by atoms with E-state index in [0.717, 1.165) is 0 Å². The summed E-state index contributed by atoms with van der Waals surface area (Å²) < 4.78 is 50.8. The quantitative estimate of drug-likeness (QED) is 0.168. The smallest absolute Gasteiger partial charge is 0.756 e. The number of imidazole rings is 1. The Morgan fingerprint density at radius 3 is 2.41 bits per heavy atom. The summed E-state index contributed by atoms with van der Waals surface area (Å²) in [5.74, 6) is -0.211. The van der Waals surface area contributed by atoms with Crippen LogP contribution in [0, 0.1) is 0 Å². The first kappa shape index (κ1) is 35.5. The van der Waals surface area contributed by atoms with Crippen molar-refractivity contribution in [2.75, 3.05) is 12.3 Å². The molecule has 0 radical (unpaired) electrons. The van der Waals surface area contributed by atoms with E-state index in [1.165, 1.54) is 10.9 Å². The third-order valence-electron chi connectivity index (χ3n) is 3.77. The van der Waals surface area contributed by atoms with Crippen LogP contribution < -0.4 is 115 Å². The molecule has 0 aromatic carbocycles. The van der Waals surface area contributed by atoms with Gasteiger partial charge >= 0.3 is 88.7 Å². The first-order chi connectivity index (χ1) is 14.2. The maximum absolute atomic E-state index is 11.8. The molecule has 5 N–H and O–H groups in total.